The van der Waals surface area contributed by atoms with E-state index < -0.39 is 0 Å². The molecule has 1 fully saturated rings. The number of hydrogen-bond acceptors (Lipinski definition) is 6. The van der Waals surface area contributed by atoms with Crippen molar-refractivity contribution in [1.82, 2.24) is 19.9 Å². The minimum atomic E-state index is -0.136. The highest BCUT2D eigenvalue weighted by atomic mass is 32.1. The summed E-state index contributed by atoms with van der Waals surface area (Å²) in [5.41, 5.74) is 1.62. The van der Waals surface area contributed by atoms with Crippen LogP contribution in [-0.4, -0.2) is 45.4 Å². The van der Waals surface area contributed by atoms with Crippen LogP contribution in [0.5, 0.6) is 0 Å². The standard InChI is InChI=1S/C18H25N5O2S/c1-18(2,3)14-10-26-17(21-14)22-16(25)9-23-6-4-5-12(8-23)13-7-15(24)20-11-19-13/h7,10-12H,4-6,8-9H2,1-3H3,(H,19,20,24)(H,21,22,25)/t12-/m1/s1. The summed E-state index contributed by atoms with van der Waals surface area (Å²) < 4.78 is 0. The van der Waals surface area contributed by atoms with Gasteiger partial charge in [-0.15, -0.1) is 11.3 Å². The van der Waals surface area contributed by atoms with E-state index in [4.69, 9.17) is 0 Å². The number of H-pyrrole nitrogens is 1. The number of nitrogens with one attached hydrogen (secondary N) is 2. The molecule has 2 aromatic rings. The quantitative estimate of drug-likeness (QED) is 0.856. The smallest absolute Gasteiger partial charge is 0.250 e. The van der Waals surface area contributed by atoms with Crippen molar-refractivity contribution in [2.45, 2.75) is 44.9 Å². The highest BCUT2D eigenvalue weighted by Crippen LogP contribution is 2.27. The van der Waals surface area contributed by atoms with Gasteiger partial charge in [0, 0.05) is 29.3 Å². The van der Waals surface area contributed by atoms with Crippen LogP contribution >= 0.6 is 11.3 Å². The lowest BCUT2D eigenvalue weighted by molar-refractivity contribution is -0.117. The number of piperidine rings is 1. The largest absolute Gasteiger partial charge is 0.313 e. The van der Waals surface area contributed by atoms with Gasteiger partial charge in [0.25, 0.3) is 5.56 Å². The van der Waals surface area contributed by atoms with Gasteiger partial charge >= 0.3 is 0 Å². The van der Waals surface area contributed by atoms with Gasteiger partial charge in [-0.25, -0.2) is 9.97 Å². The van der Waals surface area contributed by atoms with E-state index in [1.807, 2.05) is 5.38 Å². The number of hydrogen-bond donors (Lipinski definition) is 2. The lowest BCUT2D eigenvalue weighted by Crippen LogP contribution is -2.40. The van der Waals surface area contributed by atoms with Gasteiger partial charge in [0.05, 0.1) is 24.3 Å². The number of carbonyl (C=O) groups excluding carboxylic acids is 1. The van der Waals surface area contributed by atoms with Crippen LogP contribution in [0, 0.1) is 0 Å². The number of nitrogens with zero attached hydrogens (tertiary/aromatic N) is 3. The molecule has 0 aromatic carbocycles. The zero-order chi connectivity index (χ0) is 18.7. The van der Waals surface area contributed by atoms with E-state index in [2.05, 4.69) is 45.9 Å². The minimum Gasteiger partial charge on any atom is -0.313 e. The molecule has 0 aliphatic carbocycles. The third-order valence-electron chi connectivity index (χ3n) is 4.51. The van der Waals surface area contributed by atoms with E-state index in [1.54, 1.807) is 6.07 Å². The van der Waals surface area contributed by atoms with E-state index in [-0.39, 0.29) is 22.8 Å². The van der Waals surface area contributed by atoms with Gasteiger partial charge in [0.15, 0.2) is 5.13 Å². The lowest BCUT2D eigenvalue weighted by Gasteiger charge is -2.31. The van der Waals surface area contributed by atoms with Gasteiger partial charge < -0.3 is 10.3 Å². The maximum absolute atomic E-state index is 12.4. The first-order valence-corrected chi connectivity index (χ1v) is 9.72. The molecule has 0 bridgehead atoms. The highest BCUT2D eigenvalue weighted by Gasteiger charge is 2.24. The van der Waals surface area contributed by atoms with Crippen LogP contribution in [0.1, 0.15) is 50.9 Å². The number of anilines is 1. The van der Waals surface area contributed by atoms with Gasteiger partial charge in [0.2, 0.25) is 5.91 Å². The average Bonchev–Trinajstić information content (AvgIpc) is 3.04. The van der Waals surface area contributed by atoms with Gasteiger partial charge in [-0.05, 0) is 19.4 Å². The minimum absolute atomic E-state index is 0.0277. The average molecular weight is 375 g/mol. The van der Waals surface area contributed by atoms with Gasteiger partial charge in [-0.2, -0.15) is 0 Å². The Bertz CT molecular complexity index is 823. The molecule has 1 amide bonds. The third-order valence-corrected chi connectivity index (χ3v) is 5.27. The first kappa shape index (κ1) is 18.7. The number of aromatic nitrogens is 3. The summed E-state index contributed by atoms with van der Waals surface area (Å²) in [5, 5.41) is 5.54. The van der Waals surface area contributed by atoms with Gasteiger partial charge in [-0.3, -0.25) is 14.5 Å². The molecule has 7 nitrogen and oxygen atoms in total. The monoisotopic (exact) mass is 375 g/mol. The van der Waals surface area contributed by atoms with E-state index in [1.165, 1.54) is 17.7 Å². The Kier molecular flexibility index (Phi) is 5.52. The first-order chi connectivity index (χ1) is 12.3. The van der Waals surface area contributed by atoms with Crippen LogP contribution < -0.4 is 10.9 Å². The fourth-order valence-corrected chi connectivity index (χ4v) is 4.04. The third kappa shape index (κ3) is 4.76. The fraction of sp³-hybridized carbons (Fsp3) is 0.556. The number of aromatic amines is 1. The maximum atomic E-state index is 12.4. The fourth-order valence-electron chi connectivity index (χ4n) is 3.09. The summed E-state index contributed by atoms with van der Waals surface area (Å²) in [7, 11) is 0. The second kappa shape index (κ2) is 7.67. The molecule has 0 unspecified atom stereocenters. The molecule has 1 aliphatic rings. The second-order valence-electron chi connectivity index (χ2n) is 7.75. The molecule has 0 spiro atoms. The van der Waals surface area contributed by atoms with Crippen molar-refractivity contribution < 1.29 is 4.79 Å². The van der Waals surface area contributed by atoms with E-state index >= 15 is 0 Å². The maximum Gasteiger partial charge on any atom is 0.250 e. The summed E-state index contributed by atoms with van der Waals surface area (Å²) in [5.74, 6) is 0.130. The first-order valence-electron chi connectivity index (χ1n) is 8.84. The Morgan fingerprint density at radius 2 is 2.27 bits per heavy atom. The van der Waals surface area contributed by atoms with Crippen molar-refractivity contribution in [2.24, 2.45) is 0 Å². The van der Waals surface area contributed by atoms with Crippen LogP contribution in [0.25, 0.3) is 0 Å². The summed E-state index contributed by atoms with van der Waals surface area (Å²) in [6, 6.07) is 1.55. The molecular formula is C18H25N5O2S. The van der Waals surface area contributed by atoms with Crippen molar-refractivity contribution in [3.63, 3.8) is 0 Å². The molecule has 0 radical (unpaired) electrons. The zero-order valence-electron chi connectivity index (χ0n) is 15.4. The van der Waals surface area contributed by atoms with Crippen molar-refractivity contribution in [1.29, 1.82) is 0 Å². The van der Waals surface area contributed by atoms with Crippen LogP contribution in [0.15, 0.2) is 22.6 Å². The normalized spacial score (nSPS) is 18.7. The molecule has 2 N–H and O–H groups in total. The Morgan fingerprint density at radius 3 is 2.96 bits per heavy atom. The summed E-state index contributed by atoms with van der Waals surface area (Å²) >= 11 is 1.46. The van der Waals surface area contributed by atoms with Gasteiger partial charge in [-0.1, -0.05) is 20.8 Å². The molecule has 1 saturated heterocycles. The summed E-state index contributed by atoms with van der Waals surface area (Å²) in [6.45, 7) is 8.23. The molecule has 8 heteroatoms. The van der Waals surface area contributed by atoms with E-state index in [9.17, 15) is 9.59 Å². The number of thiazole rings is 1. The molecular weight excluding hydrogens is 350 g/mol. The van der Waals surface area contributed by atoms with Crippen molar-refractivity contribution >= 4 is 22.4 Å². The SMILES string of the molecule is CC(C)(C)c1csc(NC(=O)CN2CCC[C@@H](c3cc(=O)[nH]cn3)C2)n1. The topological polar surface area (TPSA) is 91.0 Å². The van der Waals surface area contributed by atoms with Crippen LogP contribution in [-0.2, 0) is 10.2 Å². The number of amides is 1. The van der Waals surface area contributed by atoms with Crippen molar-refractivity contribution in [3.05, 3.63) is 39.5 Å². The lowest BCUT2D eigenvalue weighted by atomic mass is 9.93. The molecule has 3 rings (SSSR count). The highest BCUT2D eigenvalue weighted by molar-refractivity contribution is 7.13. The zero-order valence-corrected chi connectivity index (χ0v) is 16.2. The van der Waals surface area contributed by atoms with E-state index in [0.29, 0.717) is 11.7 Å². The molecule has 3 heterocycles. The predicted molar refractivity (Wildman–Crippen MR) is 103 cm³/mol. The number of likely N-dealkylation sites (tertiary alicyclic amines) is 1. The molecule has 2 aromatic heterocycles. The van der Waals surface area contributed by atoms with Crippen LogP contribution in [0.2, 0.25) is 0 Å². The molecule has 140 valence electrons. The van der Waals surface area contributed by atoms with E-state index in [0.717, 1.165) is 37.3 Å². The Morgan fingerprint density at radius 1 is 1.46 bits per heavy atom. The Balaban J connectivity index is 1.57. The Labute approximate surface area is 156 Å². The number of rotatable bonds is 4. The molecule has 26 heavy (non-hydrogen) atoms. The van der Waals surface area contributed by atoms with Crippen molar-refractivity contribution in [3.8, 4) is 0 Å². The second-order valence-corrected chi connectivity index (χ2v) is 8.60. The number of carbonyl (C=O) groups is 1. The molecule has 1 atom stereocenters. The van der Waals surface area contributed by atoms with Crippen molar-refractivity contribution in [2.75, 3.05) is 25.0 Å². The molecule has 1 aliphatic heterocycles. The molecule has 0 saturated carbocycles. The predicted octanol–water partition coefficient (Wildman–Crippen LogP) is 2.34. The summed E-state index contributed by atoms with van der Waals surface area (Å²) in [6.07, 6.45) is 3.41. The van der Waals surface area contributed by atoms with Gasteiger partial charge in [0.1, 0.15) is 0 Å². The van der Waals surface area contributed by atoms with Crippen LogP contribution in [0.3, 0.4) is 0 Å². The summed E-state index contributed by atoms with van der Waals surface area (Å²) in [4.78, 5) is 37.3. The Hall–Kier alpha value is -2.06. The van der Waals surface area contributed by atoms with Crippen LogP contribution in [0.4, 0.5) is 5.13 Å².